The molecular formula is C33H39ClF4N2O3S2. The number of benzene rings is 1. The van der Waals surface area contributed by atoms with Gasteiger partial charge >= 0.3 is 6.18 Å². The zero-order valence-electron chi connectivity index (χ0n) is 26.4. The Kier molecular flexibility index (Phi) is 16.3. The Balaban J connectivity index is 0.00000243. The molecule has 0 unspecified atom stereocenters. The number of aromatic nitrogens is 2. The Labute approximate surface area is 272 Å². The van der Waals surface area contributed by atoms with Crippen LogP contribution in [0.5, 0.6) is 5.75 Å². The third-order valence-corrected chi connectivity index (χ3v) is 8.30. The van der Waals surface area contributed by atoms with Crippen molar-refractivity contribution >= 4 is 38.3 Å². The average Bonchev–Trinajstić information content (AvgIpc) is 3.66. The van der Waals surface area contributed by atoms with Crippen molar-refractivity contribution in [2.24, 2.45) is 0 Å². The summed E-state index contributed by atoms with van der Waals surface area (Å²) in [6.07, 6.45) is 4.70. The van der Waals surface area contributed by atoms with Crippen molar-refractivity contribution in [2.75, 3.05) is 6.26 Å². The molecule has 45 heavy (non-hydrogen) atoms. The second kappa shape index (κ2) is 18.5. The lowest BCUT2D eigenvalue weighted by atomic mass is 10.1. The molecule has 12 heteroatoms. The fourth-order valence-corrected chi connectivity index (χ4v) is 4.88. The smallest absolute Gasteiger partial charge is 0.435 e. The topological polar surface area (TPSA) is 61.2 Å². The number of ether oxygens (including phenoxy) is 1. The minimum atomic E-state index is -4.71. The average molecular weight is 687 g/mol. The van der Waals surface area contributed by atoms with Gasteiger partial charge in [-0.3, -0.25) is 4.68 Å². The zero-order valence-corrected chi connectivity index (χ0v) is 28.8. The van der Waals surface area contributed by atoms with E-state index < -0.39 is 27.5 Å². The highest BCUT2D eigenvalue weighted by atomic mass is 35.5. The standard InChI is InChI=1S/C29H27ClF4N2O3S2.2C2H6/c1-5-7-20(16-19(3)41(4,37)38)26-14-15-27(40-26)25-17-28(29(32,33)34)35-36(25)18-24(11-8-21(30)6-2)39-23-12-9-22(31)10-13-23;2*1-2/h6-17H,2,5,18H2,1,3-4H3;2*1-2H3/b19-16+,20-7+,21-8+,24-11+;;. The van der Waals surface area contributed by atoms with Crippen LogP contribution in [0.4, 0.5) is 17.6 Å². The molecular weight excluding hydrogens is 648 g/mol. The van der Waals surface area contributed by atoms with Crippen LogP contribution >= 0.6 is 22.9 Å². The van der Waals surface area contributed by atoms with Crippen LogP contribution in [0.3, 0.4) is 0 Å². The number of nitrogens with zero attached hydrogens (tertiary/aromatic N) is 2. The maximum absolute atomic E-state index is 13.7. The molecule has 0 radical (unpaired) electrons. The molecule has 0 aliphatic rings. The molecule has 3 aromatic rings. The molecule has 0 amide bonds. The van der Waals surface area contributed by atoms with Crippen LogP contribution in [0.25, 0.3) is 16.1 Å². The SMILES string of the molecule is C=C/C(Cl)=C\C=C(/Cn1nc(C(F)(F)F)cc1-c1ccc(C(=C/CC)/C=C(\C)S(C)(=O)=O)s1)Oc1ccc(F)cc1.CC.CC. The first-order valence-corrected chi connectivity index (χ1v) is 17.3. The second-order valence-electron chi connectivity index (χ2n) is 8.77. The van der Waals surface area contributed by atoms with E-state index in [9.17, 15) is 26.0 Å². The normalized spacial score (nSPS) is 13.0. The Morgan fingerprint density at radius 2 is 1.71 bits per heavy atom. The minimum Gasteiger partial charge on any atom is -0.460 e. The molecule has 0 saturated heterocycles. The van der Waals surface area contributed by atoms with Crippen molar-refractivity contribution in [1.82, 2.24) is 9.78 Å². The summed E-state index contributed by atoms with van der Waals surface area (Å²) in [6, 6.07) is 9.46. The number of hydrogen-bond acceptors (Lipinski definition) is 5. The van der Waals surface area contributed by atoms with Crippen LogP contribution in [-0.2, 0) is 22.6 Å². The number of rotatable bonds is 11. The van der Waals surface area contributed by atoms with Crippen molar-refractivity contribution in [3.05, 3.63) is 112 Å². The van der Waals surface area contributed by atoms with Gasteiger partial charge in [0.25, 0.3) is 0 Å². The van der Waals surface area contributed by atoms with Gasteiger partial charge in [0.1, 0.15) is 17.3 Å². The molecule has 0 atom stereocenters. The molecule has 246 valence electrons. The van der Waals surface area contributed by atoms with Crippen LogP contribution in [0.2, 0.25) is 0 Å². The van der Waals surface area contributed by atoms with Gasteiger partial charge in [-0.05, 0) is 79.6 Å². The quantitative estimate of drug-likeness (QED) is 0.114. The molecule has 0 saturated carbocycles. The van der Waals surface area contributed by atoms with Crippen LogP contribution < -0.4 is 4.74 Å². The van der Waals surface area contributed by atoms with Crippen molar-refractivity contribution < 1.29 is 30.7 Å². The third-order valence-electron chi connectivity index (χ3n) is 5.57. The van der Waals surface area contributed by atoms with E-state index in [1.54, 1.807) is 18.2 Å². The number of sulfone groups is 1. The Morgan fingerprint density at radius 1 is 1.09 bits per heavy atom. The maximum Gasteiger partial charge on any atom is 0.435 e. The molecule has 2 heterocycles. The Bertz CT molecular complexity index is 1630. The van der Waals surface area contributed by atoms with Gasteiger partial charge in [-0.15, -0.1) is 11.3 Å². The van der Waals surface area contributed by atoms with E-state index in [4.69, 9.17) is 16.3 Å². The van der Waals surface area contributed by atoms with Crippen molar-refractivity contribution in [3.63, 3.8) is 0 Å². The van der Waals surface area contributed by atoms with E-state index in [2.05, 4.69) is 11.7 Å². The number of hydrogen-bond donors (Lipinski definition) is 0. The maximum atomic E-state index is 13.7. The summed E-state index contributed by atoms with van der Waals surface area (Å²) in [7, 11) is -3.42. The van der Waals surface area contributed by atoms with E-state index >= 15 is 0 Å². The van der Waals surface area contributed by atoms with Gasteiger partial charge in [0.15, 0.2) is 15.5 Å². The summed E-state index contributed by atoms with van der Waals surface area (Å²) < 4.78 is 85.6. The van der Waals surface area contributed by atoms with Crippen LogP contribution in [0.15, 0.2) is 95.1 Å². The van der Waals surface area contributed by atoms with Gasteiger partial charge in [0, 0.05) is 21.1 Å². The Morgan fingerprint density at radius 3 is 2.24 bits per heavy atom. The fourth-order valence-electron chi connectivity index (χ4n) is 3.44. The molecule has 1 aromatic carbocycles. The fraction of sp³-hybridized carbons (Fsp3) is 0.303. The highest BCUT2D eigenvalue weighted by Gasteiger charge is 2.35. The van der Waals surface area contributed by atoms with Crippen molar-refractivity contribution in [3.8, 4) is 16.3 Å². The van der Waals surface area contributed by atoms with Gasteiger partial charge < -0.3 is 4.74 Å². The van der Waals surface area contributed by atoms with Gasteiger partial charge in [-0.25, -0.2) is 12.8 Å². The molecule has 0 N–H and O–H groups in total. The number of thiophene rings is 1. The van der Waals surface area contributed by atoms with E-state index in [1.165, 1.54) is 60.8 Å². The third kappa shape index (κ3) is 12.5. The molecule has 0 aliphatic carbocycles. The largest absolute Gasteiger partial charge is 0.460 e. The lowest BCUT2D eigenvalue weighted by molar-refractivity contribution is -0.141. The minimum absolute atomic E-state index is 0.163. The lowest BCUT2D eigenvalue weighted by Crippen LogP contribution is -2.11. The number of allylic oxidation sites excluding steroid dienone is 9. The summed E-state index contributed by atoms with van der Waals surface area (Å²) in [5.74, 6) is -0.0516. The summed E-state index contributed by atoms with van der Waals surface area (Å²) >= 11 is 7.22. The van der Waals surface area contributed by atoms with E-state index in [0.29, 0.717) is 21.7 Å². The molecule has 0 bridgehead atoms. The highest BCUT2D eigenvalue weighted by molar-refractivity contribution is 7.94. The molecule has 0 aliphatic heterocycles. The first-order valence-electron chi connectivity index (χ1n) is 14.2. The van der Waals surface area contributed by atoms with Crippen LogP contribution in [-0.4, -0.2) is 24.5 Å². The summed E-state index contributed by atoms with van der Waals surface area (Å²) in [5, 5.41) is 4.07. The van der Waals surface area contributed by atoms with Gasteiger partial charge in [-0.2, -0.15) is 18.3 Å². The molecule has 3 rings (SSSR count). The number of alkyl halides is 3. The van der Waals surface area contributed by atoms with Crippen molar-refractivity contribution in [1.29, 1.82) is 0 Å². The van der Waals surface area contributed by atoms with Crippen LogP contribution in [0.1, 0.15) is 58.5 Å². The van der Waals surface area contributed by atoms with E-state index in [-0.39, 0.29) is 33.7 Å². The van der Waals surface area contributed by atoms with Crippen LogP contribution in [0, 0.1) is 5.82 Å². The molecule has 0 fully saturated rings. The summed E-state index contributed by atoms with van der Waals surface area (Å²) in [6.45, 7) is 14.7. The molecule has 5 nitrogen and oxygen atoms in total. The van der Waals surface area contributed by atoms with E-state index in [1.807, 2.05) is 40.7 Å². The first-order chi connectivity index (χ1) is 21.2. The number of halogens is 5. The van der Waals surface area contributed by atoms with Gasteiger partial charge in [0.05, 0.1) is 17.1 Å². The second-order valence-corrected chi connectivity index (χ2v) is 12.5. The predicted molar refractivity (Wildman–Crippen MR) is 179 cm³/mol. The highest BCUT2D eigenvalue weighted by Crippen LogP contribution is 2.37. The van der Waals surface area contributed by atoms with Gasteiger partial charge in [-0.1, -0.05) is 65.0 Å². The molecule has 2 aromatic heterocycles. The predicted octanol–water partition coefficient (Wildman–Crippen LogP) is 10.8. The lowest BCUT2D eigenvalue weighted by Gasteiger charge is -2.12. The summed E-state index contributed by atoms with van der Waals surface area (Å²) in [4.78, 5) is 1.30. The summed E-state index contributed by atoms with van der Waals surface area (Å²) in [5.41, 5.74) is -0.292. The Hall–Kier alpha value is -3.41. The zero-order chi connectivity index (χ0) is 34.4. The first kappa shape index (κ1) is 39.6. The van der Waals surface area contributed by atoms with E-state index in [0.717, 1.165) is 17.0 Å². The van der Waals surface area contributed by atoms with Gasteiger partial charge in [0.2, 0.25) is 0 Å². The van der Waals surface area contributed by atoms with Crippen molar-refractivity contribution in [2.45, 2.75) is 60.7 Å². The monoisotopic (exact) mass is 686 g/mol. The molecule has 0 spiro atoms.